The molecular formula is C8H16O2. The molecule has 1 N–H and O–H groups in total. The maximum absolute atomic E-state index is 9.02. The fourth-order valence-corrected chi connectivity index (χ4v) is 1.44. The molecule has 3 atom stereocenters. The van der Waals surface area contributed by atoms with Crippen molar-refractivity contribution in [3.05, 3.63) is 0 Å². The van der Waals surface area contributed by atoms with Gasteiger partial charge in [-0.1, -0.05) is 0 Å². The summed E-state index contributed by atoms with van der Waals surface area (Å²) in [7, 11) is 0. The van der Waals surface area contributed by atoms with Crippen LogP contribution in [0.5, 0.6) is 0 Å². The fraction of sp³-hybridized carbons (Fsp3) is 1.00. The van der Waals surface area contributed by atoms with E-state index >= 15 is 0 Å². The predicted molar refractivity (Wildman–Crippen MR) is 39.9 cm³/mol. The van der Waals surface area contributed by atoms with Crippen molar-refractivity contribution in [3.8, 4) is 0 Å². The van der Waals surface area contributed by atoms with Gasteiger partial charge in [-0.2, -0.15) is 0 Å². The SMILES string of the molecule is CC(O)CC1CCC(C)O1. The van der Waals surface area contributed by atoms with Crippen LogP contribution in [0.25, 0.3) is 0 Å². The van der Waals surface area contributed by atoms with E-state index in [1.807, 2.05) is 6.92 Å². The van der Waals surface area contributed by atoms with E-state index in [-0.39, 0.29) is 6.10 Å². The summed E-state index contributed by atoms with van der Waals surface area (Å²) in [5.41, 5.74) is 0. The van der Waals surface area contributed by atoms with E-state index in [1.54, 1.807) is 0 Å². The zero-order valence-electron chi connectivity index (χ0n) is 6.71. The van der Waals surface area contributed by atoms with Crippen LogP contribution in [-0.4, -0.2) is 23.4 Å². The highest BCUT2D eigenvalue weighted by Crippen LogP contribution is 2.22. The molecule has 0 bridgehead atoms. The average molecular weight is 144 g/mol. The molecule has 1 saturated heterocycles. The Morgan fingerprint density at radius 2 is 2.30 bits per heavy atom. The molecule has 0 saturated carbocycles. The van der Waals surface area contributed by atoms with E-state index in [9.17, 15) is 0 Å². The topological polar surface area (TPSA) is 29.5 Å². The molecule has 0 radical (unpaired) electrons. The molecule has 0 spiro atoms. The number of hydrogen-bond acceptors (Lipinski definition) is 2. The van der Waals surface area contributed by atoms with Gasteiger partial charge in [-0.15, -0.1) is 0 Å². The highest BCUT2D eigenvalue weighted by molar-refractivity contribution is 4.71. The lowest BCUT2D eigenvalue weighted by atomic mass is 10.1. The first-order chi connectivity index (χ1) is 4.68. The van der Waals surface area contributed by atoms with Gasteiger partial charge in [-0.3, -0.25) is 0 Å². The molecule has 3 unspecified atom stereocenters. The maximum atomic E-state index is 9.02. The second kappa shape index (κ2) is 3.35. The molecular weight excluding hydrogens is 128 g/mol. The highest BCUT2D eigenvalue weighted by atomic mass is 16.5. The Hall–Kier alpha value is -0.0800. The molecule has 2 heteroatoms. The van der Waals surface area contributed by atoms with Crippen molar-refractivity contribution in [2.24, 2.45) is 0 Å². The smallest absolute Gasteiger partial charge is 0.0604 e. The molecule has 60 valence electrons. The van der Waals surface area contributed by atoms with E-state index in [1.165, 1.54) is 0 Å². The quantitative estimate of drug-likeness (QED) is 0.633. The number of ether oxygens (including phenoxy) is 1. The van der Waals surface area contributed by atoms with E-state index in [0.717, 1.165) is 19.3 Å². The van der Waals surface area contributed by atoms with Crippen molar-refractivity contribution in [2.75, 3.05) is 0 Å². The third-order valence-corrected chi connectivity index (χ3v) is 1.92. The Morgan fingerprint density at radius 1 is 1.60 bits per heavy atom. The zero-order chi connectivity index (χ0) is 7.56. The van der Waals surface area contributed by atoms with Crippen LogP contribution in [0.1, 0.15) is 33.1 Å². The minimum atomic E-state index is -0.213. The lowest BCUT2D eigenvalue weighted by Crippen LogP contribution is -2.15. The number of rotatable bonds is 2. The predicted octanol–water partition coefficient (Wildman–Crippen LogP) is 1.32. The molecule has 1 fully saturated rings. The normalized spacial score (nSPS) is 36.3. The van der Waals surface area contributed by atoms with Crippen LogP contribution >= 0.6 is 0 Å². The number of aliphatic hydroxyl groups is 1. The van der Waals surface area contributed by atoms with Crippen LogP contribution in [0.2, 0.25) is 0 Å². The van der Waals surface area contributed by atoms with E-state index < -0.39 is 0 Å². The first-order valence-corrected chi connectivity index (χ1v) is 4.02. The van der Waals surface area contributed by atoms with Crippen LogP contribution < -0.4 is 0 Å². The van der Waals surface area contributed by atoms with Gasteiger partial charge in [0.1, 0.15) is 0 Å². The van der Waals surface area contributed by atoms with Crippen molar-refractivity contribution in [1.82, 2.24) is 0 Å². The minimum absolute atomic E-state index is 0.213. The second-order valence-corrected chi connectivity index (χ2v) is 3.23. The van der Waals surface area contributed by atoms with Crippen molar-refractivity contribution >= 4 is 0 Å². The Kier molecular flexibility index (Phi) is 2.69. The molecule has 10 heavy (non-hydrogen) atoms. The fourth-order valence-electron chi connectivity index (χ4n) is 1.44. The number of hydrogen-bond donors (Lipinski definition) is 1. The highest BCUT2D eigenvalue weighted by Gasteiger charge is 2.22. The molecule has 2 nitrogen and oxygen atoms in total. The van der Waals surface area contributed by atoms with Crippen molar-refractivity contribution in [1.29, 1.82) is 0 Å². The van der Waals surface area contributed by atoms with Crippen molar-refractivity contribution in [2.45, 2.75) is 51.4 Å². The van der Waals surface area contributed by atoms with Crippen LogP contribution in [-0.2, 0) is 4.74 Å². The summed E-state index contributed by atoms with van der Waals surface area (Å²) < 4.78 is 5.51. The third kappa shape index (κ3) is 2.27. The largest absolute Gasteiger partial charge is 0.393 e. The average Bonchev–Trinajstić information content (AvgIpc) is 2.13. The van der Waals surface area contributed by atoms with Crippen LogP contribution in [0, 0.1) is 0 Å². The first-order valence-electron chi connectivity index (χ1n) is 4.02. The van der Waals surface area contributed by atoms with Gasteiger partial charge in [0.05, 0.1) is 18.3 Å². The standard InChI is InChI=1S/C8H16O2/c1-6(9)5-8-4-3-7(2)10-8/h6-9H,3-5H2,1-2H3. The lowest BCUT2D eigenvalue weighted by Gasteiger charge is -2.11. The molecule has 0 aromatic rings. The van der Waals surface area contributed by atoms with Gasteiger partial charge in [-0.25, -0.2) is 0 Å². The van der Waals surface area contributed by atoms with Gasteiger partial charge >= 0.3 is 0 Å². The number of aliphatic hydroxyl groups excluding tert-OH is 1. The van der Waals surface area contributed by atoms with Crippen LogP contribution in [0.3, 0.4) is 0 Å². The summed E-state index contributed by atoms with van der Waals surface area (Å²) in [6, 6.07) is 0. The van der Waals surface area contributed by atoms with Gasteiger partial charge in [0.2, 0.25) is 0 Å². The molecule has 0 amide bonds. The summed E-state index contributed by atoms with van der Waals surface area (Å²) in [6.07, 6.45) is 3.57. The van der Waals surface area contributed by atoms with Gasteiger partial charge in [0.15, 0.2) is 0 Å². The van der Waals surface area contributed by atoms with Gasteiger partial charge in [0.25, 0.3) is 0 Å². The second-order valence-electron chi connectivity index (χ2n) is 3.23. The van der Waals surface area contributed by atoms with E-state index in [0.29, 0.717) is 12.2 Å². The van der Waals surface area contributed by atoms with Crippen LogP contribution in [0.4, 0.5) is 0 Å². The summed E-state index contributed by atoms with van der Waals surface area (Å²) in [5.74, 6) is 0. The summed E-state index contributed by atoms with van der Waals surface area (Å²) in [6.45, 7) is 3.90. The zero-order valence-corrected chi connectivity index (χ0v) is 6.71. The van der Waals surface area contributed by atoms with Gasteiger partial charge < -0.3 is 9.84 Å². The Balaban J connectivity index is 2.18. The van der Waals surface area contributed by atoms with E-state index in [4.69, 9.17) is 9.84 Å². The monoisotopic (exact) mass is 144 g/mol. The minimum Gasteiger partial charge on any atom is -0.393 e. The molecule has 0 aromatic heterocycles. The summed E-state index contributed by atoms with van der Waals surface area (Å²) in [5, 5.41) is 9.02. The van der Waals surface area contributed by atoms with Gasteiger partial charge in [-0.05, 0) is 33.1 Å². The molecule has 0 aliphatic carbocycles. The van der Waals surface area contributed by atoms with Crippen LogP contribution in [0.15, 0.2) is 0 Å². The Bertz CT molecular complexity index is 101. The molecule has 1 aliphatic heterocycles. The summed E-state index contributed by atoms with van der Waals surface area (Å²) in [4.78, 5) is 0. The maximum Gasteiger partial charge on any atom is 0.0604 e. The third-order valence-electron chi connectivity index (χ3n) is 1.92. The van der Waals surface area contributed by atoms with Crippen molar-refractivity contribution < 1.29 is 9.84 Å². The first kappa shape index (κ1) is 8.02. The van der Waals surface area contributed by atoms with Gasteiger partial charge in [0, 0.05) is 0 Å². The molecule has 1 heterocycles. The summed E-state index contributed by atoms with van der Waals surface area (Å²) >= 11 is 0. The Labute approximate surface area is 62.2 Å². The lowest BCUT2D eigenvalue weighted by molar-refractivity contribution is 0.0241. The van der Waals surface area contributed by atoms with E-state index in [2.05, 4.69) is 6.92 Å². The van der Waals surface area contributed by atoms with Crippen molar-refractivity contribution in [3.63, 3.8) is 0 Å². The molecule has 0 aromatic carbocycles. The molecule has 1 rings (SSSR count). The Morgan fingerprint density at radius 3 is 2.70 bits per heavy atom. The molecule has 1 aliphatic rings.